The van der Waals surface area contributed by atoms with E-state index in [0.29, 0.717) is 25.1 Å². The topological polar surface area (TPSA) is 99.7 Å². The molecule has 8 nitrogen and oxygen atoms in total. The second kappa shape index (κ2) is 8.39. The highest BCUT2D eigenvalue weighted by molar-refractivity contribution is 7.89. The monoisotopic (exact) mass is 442 g/mol. The van der Waals surface area contributed by atoms with Gasteiger partial charge < -0.3 is 10.2 Å². The molecular weight excluding hydrogens is 416 g/mol. The fourth-order valence-electron chi connectivity index (χ4n) is 4.42. The minimum absolute atomic E-state index is 0.0128. The Hall–Kier alpha value is -2.78. The number of pyridine rings is 1. The molecule has 1 atom stereocenters. The van der Waals surface area contributed by atoms with Gasteiger partial charge in [-0.2, -0.15) is 4.31 Å². The summed E-state index contributed by atoms with van der Waals surface area (Å²) in [4.78, 5) is 30.4. The molecule has 0 spiro atoms. The smallest absolute Gasteiger partial charge is 0.243 e. The lowest BCUT2D eigenvalue weighted by Gasteiger charge is -2.30. The molecule has 2 aliphatic heterocycles. The lowest BCUT2D eigenvalue weighted by Crippen LogP contribution is -2.41. The molecule has 1 saturated heterocycles. The van der Waals surface area contributed by atoms with Crippen molar-refractivity contribution in [2.45, 2.75) is 44.0 Å². The quantitative estimate of drug-likeness (QED) is 0.784. The Bertz CT molecular complexity index is 1100. The summed E-state index contributed by atoms with van der Waals surface area (Å²) in [6, 6.07) is 10.3. The molecule has 4 rings (SSSR count). The van der Waals surface area contributed by atoms with Gasteiger partial charge in [0.05, 0.1) is 4.90 Å². The Morgan fingerprint density at radius 3 is 2.52 bits per heavy atom. The first kappa shape index (κ1) is 21.5. The van der Waals surface area contributed by atoms with Crippen molar-refractivity contribution < 1.29 is 18.0 Å². The Balaban J connectivity index is 1.43. The number of benzene rings is 1. The molecular formula is C22H26N4O4S. The normalized spacial score (nSPS) is 19.8. The number of nitrogens with one attached hydrogen (secondary N) is 1. The number of carbonyl (C=O) groups excluding carboxylic acids is 2. The summed E-state index contributed by atoms with van der Waals surface area (Å²) < 4.78 is 27.8. The number of carbonyl (C=O) groups is 2. The summed E-state index contributed by atoms with van der Waals surface area (Å²) in [6.07, 6.45) is 3.15. The van der Waals surface area contributed by atoms with E-state index < -0.39 is 10.0 Å². The van der Waals surface area contributed by atoms with E-state index in [0.717, 1.165) is 11.3 Å². The van der Waals surface area contributed by atoms with Crippen LogP contribution in [-0.2, 0) is 26.0 Å². The van der Waals surface area contributed by atoms with Crippen LogP contribution >= 0.6 is 0 Å². The average molecular weight is 443 g/mol. The molecule has 1 aromatic heterocycles. The average Bonchev–Trinajstić information content (AvgIpc) is 3.09. The third-order valence-electron chi connectivity index (χ3n) is 5.98. The molecule has 164 valence electrons. The number of sulfonamides is 1. The van der Waals surface area contributed by atoms with Gasteiger partial charge in [0.15, 0.2) is 0 Å². The highest BCUT2D eigenvalue weighted by Crippen LogP contribution is 2.35. The maximum atomic E-state index is 13.2. The number of nitrogens with zero attached hydrogens (tertiary/aromatic N) is 3. The highest BCUT2D eigenvalue weighted by atomic mass is 32.2. The largest absolute Gasteiger partial charge is 0.310 e. The van der Waals surface area contributed by atoms with E-state index in [-0.39, 0.29) is 41.8 Å². The second-order valence-corrected chi connectivity index (χ2v) is 10.1. The number of hydrogen-bond acceptors (Lipinski definition) is 5. The molecule has 3 heterocycles. The van der Waals surface area contributed by atoms with E-state index in [2.05, 4.69) is 10.3 Å². The van der Waals surface area contributed by atoms with Gasteiger partial charge in [0.1, 0.15) is 5.82 Å². The molecule has 0 saturated carbocycles. The first-order valence-electron chi connectivity index (χ1n) is 10.4. The van der Waals surface area contributed by atoms with Crippen LogP contribution < -0.4 is 10.2 Å². The maximum Gasteiger partial charge on any atom is 0.243 e. The van der Waals surface area contributed by atoms with Crippen LogP contribution in [0, 0.1) is 5.92 Å². The first-order valence-corrected chi connectivity index (χ1v) is 11.9. The van der Waals surface area contributed by atoms with E-state index >= 15 is 0 Å². The van der Waals surface area contributed by atoms with Gasteiger partial charge in [-0.1, -0.05) is 6.07 Å². The van der Waals surface area contributed by atoms with E-state index in [1.165, 1.54) is 11.2 Å². The molecule has 1 aromatic carbocycles. The Morgan fingerprint density at radius 2 is 1.87 bits per heavy atom. The lowest BCUT2D eigenvalue weighted by atomic mass is 9.97. The van der Waals surface area contributed by atoms with E-state index in [1.54, 1.807) is 47.5 Å². The van der Waals surface area contributed by atoms with Gasteiger partial charge in [-0.3, -0.25) is 9.59 Å². The van der Waals surface area contributed by atoms with Gasteiger partial charge >= 0.3 is 0 Å². The van der Waals surface area contributed by atoms with Gasteiger partial charge in [-0.05, 0) is 62.1 Å². The van der Waals surface area contributed by atoms with Gasteiger partial charge in [0, 0.05) is 43.9 Å². The predicted molar refractivity (Wildman–Crippen MR) is 117 cm³/mol. The lowest BCUT2D eigenvalue weighted by molar-refractivity contribution is -0.121. The van der Waals surface area contributed by atoms with Crippen molar-refractivity contribution in [3.05, 3.63) is 48.2 Å². The van der Waals surface area contributed by atoms with Gasteiger partial charge in [0.2, 0.25) is 21.8 Å². The highest BCUT2D eigenvalue weighted by Gasteiger charge is 2.34. The number of hydrogen-bond donors (Lipinski definition) is 1. The van der Waals surface area contributed by atoms with Crippen LogP contribution in [0.25, 0.3) is 0 Å². The Morgan fingerprint density at radius 1 is 1.13 bits per heavy atom. The summed E-state index contributed by atoms with van der Waals surface area (Å²) in [7, 11) is -3.66. The number of aromatic nitrogens is 1. The van der Waals surface area contributed by atoms with Crippen LogP contribution in [0.1, 0.15) is 32.3 Å². The molecule has 2 aliphatic rings. The maximum absolute atomic E-state index is 13.2. The molecule has 0 bridgehead atoms. The number of fused-ring (bicyclic) bond motifs is 1. The number of piperidine rings is 1. The molecule has 0 unspecified atom stereocenters. The molecule has 1 fully saturated rings. The van der Waals surface area contributed by atoms with Gasteiger partial charge in [-0.25, -0.2) is 13.4 Å². The van der Waals surface area contributed by atoms with E-state index in [4.69, 9.17) is 0 Å². The van der Waals surface area contributed by atoms with Gasteiger partial charge in [-0.15, -0.1) is 0 Å². The molecule has 31 heavy (non-hydrogen) atoms. The number of rotatable bonds is 4. The zero-order chi connectivity index (χ0) is 22.2. The second-order valence-electron chi connectivity index (χ2n) is 8.12. The van der Waals surface area contributed by atoms with Crippen molar-refractivity contribution in [3.8, 4) is 0 Å². The standard InChI is InChI=1S/C22H26N4O4S/c1-15-13-18-14-19(6-7-20(18)26(15)16(2)27)31(29,30)25-11-8-17(9-12-25)22(28)24-21-5-3-4-10-23-21/h3-7,10,14-15,17H,8-9,11-13H2,1-2H3,(H,23,24,28)/t15-/m0/s1. The van der Waals surface area contributed by atoms with Crippen molar-refractivity contribution in [2.75, 3.05) is 23.3 Å². The Kier molecular flexibility index (Phi) is 5.81. The zero-order valence-corrected chi connectivity index (χ0v) is 18.4. The fourth-order valence-corrected chi connectivity index (χ4v) is 5.94. The number of amides is 2. The van der Waals surface area contributed by atoms with Crippen molar-refractivity contribution in [2.24, 2.45) is 5.92 Å². The van der Waals surface area contributed by atoms with Gasteiger partial charge in [0.25, 0.3) is 0 Å². The van der Waals surface area contributed by atoms with E-state index in [9.17, 15) is 18.0 Å². The van der Waals surface area contributed by atoms with Crippen molar-refractivity contribution in [3.63, 3.8) is 0 Å². The third kappa shape index (κ3) is 4.20. The SMILES string of the molecule is CC(=O)N1c2ccc(S(=O)(=O)N3CCC(C(=O)Nc4ccccn4)CC3)cc2C[C@@H]1C. The summed E-state index contributed by atoms with van der Waals surface area (Å²) in [5, 5.41) is 2.79. The summed E-state index contributed by atoms with van der Waals surface area (Å²) in [6.45, 7) is 4.05. The minimum atomic E-state index is -3.66. The minimum Gasteiger partial charge on any atom is -0.310 e. The molecule has 2 amide bonds. The fraction of sp³-hybridized carbons (Fsp3) is 0.409. The van der Waals surface area contributed by atoms with Crippen molar-refractivity contribution >= 4 is 33.3 Å². The molecule has 0 radical (unpaired) electrons. The Labute approximate surface area is 182 Å². The van der Waals surface area contributed by atoms with E-state index in [1.807, 2.05) is 6.92 Å². The van der Waals surface area contributed by atoms with Crippen LogP contribution in [0.5, 0.6) is 0 Å². The first-order chi connectivity index (χ1) is 14.8. The number of anilines is 2. The molecule has 1 N–H and O–H groups in total. The van der Waals surface area contributed by atoms with Crippen LogP contribution in [0.15, 0.2) is 47.5 Å². The van der Waals surface area contributed by atoms with Crippen LogP contribution in [0.4, 0.5) is 11.5 Å². The zero-order valence-electron chi connectivity index (χ0n) is 17.6. The van der Waals surface area contributed by atoms with Crippen LogP contribution in [0.3, 0.4) is 0 Å². The molecule has 9 heteroatoms. The summed E-state index contributed by atoms with van der Waals surface area (Å²) in [5.74, 6) is 0.0625. The van der Waals surface area contributed by atoms with Crippen LogP contribution in [-0.4, -0.2) is 48.7 Å². The van der Waals surface area contributed by atoms with Crippen molar-refractivity contribution in [1.29, 1.82) is 0 Å². The third-order valence-corrected chi connectivity index (χ3v) is 7.88. The molecule has 2 aromatic rings. The van der Waals surface area contributed by atoms with Crippen molar-refractivity contribution in [1.82, 2.24) is 9.29 Å². The summed E-state index contributed by atoms with van der Waals surface area (Å²) in [5.41, 5.74) is 1.65. The van der Waals surface area contributed by atoms with Crippen LogP contribution in [0.2, 0.25) is 0 Å². The summed E-state index contributed by atoms with van der Waals surface area (Å²) >= 11 is 0. The predicted octanol–water partition coefficient (Wildman–Crippen LogP) is 2.42. The molecule has 0 aliphatic carbocycles.